The quantitative estimate of drug-likeness (QED) is 0.344. The zero-order chi connectivity index (χ0) is 24.0. The van der Waals surface area contributed by atoms with E-state index in [2.05, 4.69) is 0 Å². The van der Waals surface area contributed by atoms with Crippen molar-refractivity contribution in [3.63, 3.8) is 0 Å². The van der Waals surface area contributed by atoms with Crippen molar-refractivity contribution in [1.29, 1.82) is 0 Å². The first-order valence-corrected chi connectivity index (χ1v) is 5.35. The van der Waals surface area contributed by atoms with Crippen molar-refractivity contribution in [1.82, 2.24) is 0 Å². The molecule has 0 aliphatic carbocycles. The maximum absolute atomic E-state index is 11.4. The Kier molecular flexibility index (Phi) is 9.57. The van der Waals surface area contributed by atoms with Crippen LogP contribution in [0.4, 0.5) is 79.0 Å². The summed E-state index contributed by atoms with van der Waals surface area (Å²) < 4.78 is 205. The number of rotatable bonds is 0. The van der Waals surface area contributed by atoms with Crippen LogP contribution >= 0.6 is 0 Å². The summed E-state index contributed by atoms with van der Waals surface area (Å²) in [5.41, 5.74) is -13.4. The molecular formula is C8H2F18O2Zn. The van der Waals surface area contributed by atoms with Gasteiger partial charge in [0.15, 0.2) is 0 Å². The van der Waals surface area contributed by atoms with Gasteiger partial charge < -0.3 is 10.2 Å². The van der Waals surface area contributed by atoms with Crippen LogP contribution in [0.25, 0.3) is 0 Å². The van der Waals surface area contributed by atoms with Gasteiger partial charge in [-0.2, -0.15) is 79.0 Å². The molecule has 0 unspecified atom stereocenters. The number of hydrogen-bond donors (Lipinski definition) is 2. The van der Waals surface area contributed by atoms with E-state index in [4.69, 9.17) is 10.2 Å². The molecule has 0 rings (SSSR count). The van der Waals surface area contributed by atoms with Crippen LogP contribution in [0.3, 0.4) is 0 Å². The second kappa shape index (κ2) is 8.43. The topological polar surface area (TPSA) is 40.5 Å². The fourth-order valence-corrected chi connectivity index (χ4v) is 0.964. The van der Waals surface area contributed by atoms with E-state index in [-0.39, 0.29) is 19.5 Å². The van der Waals surface area contributed by atoms with E-state index >= 15 is 0 Å². The van der Waals surface area contributed by atoms with Crippen LogP contribution in [0, 0.1) is 0 Å². The minimum atomic E-state index is -6.87. The van der Waals surface area contributed by atoms with Crippen LogP contribution in [0.15, 0.2) is 0 Å². The average Bonchev–Trinajstić information content (AvgIpc) is 2.29. The van der Waals surface area contributed by atoms with Gasteiger partial charge in [0.1, 0.15) is 0 Å². The molecule has 2 nitrogen and oxygen atoms in total. The van der Waals surface area contributed by atoms with Crippen LogP contribution in [0.5, 0.6) is 0 Å². The summed E-state index contributed by atoms with van der Waals surface area (Å²) in [6.45, 7) is 0. The predicted octanol–water partition coefficient (Wildman–Crippen LogP) is 4.81. The third kappa shape index (κ3) is 6.14. The summed E-state index contributed by atoms with van der Waals surface area (Å²) >= 11 is 0. The summed E-state index contributed by atoms with van der Waals surface area (Å²) in [4.78, 5) is 0. The molecule has 0 aliphatic rings. The Labute approximate surface area is 158 Å². The van der Waals surface area contributed by atoms with Gasteiger partial charge in [-0.3, -0.25) is 0 Å². The third-order valence-corrected chi connectivity index (χ3v) is 2.46. The van der Waals surface area contributed by atoms with Crippen molar-refractivity contribution in [3.05, 3.63) is 0 Å². The molecule has 0 bridgehead atoms. The van der Waals surface area contributed by atoms with Crippen LogP contribution in [0.1, 0.15) is 0 Å². The Bertz CT molecular complexity index is 395. The van der Waals surface area contributed by atoms with Crippen LogP contribution in [0.2, 0.25) is 0 Å². The first kappa shape index (κ1) is 32.9. The van der Waals surface area contributed by atoms with Gasteiger partial charge in [0.2, 0.25) is 0 Å². The van der Waals surface area contributed by atoms with E-state index in [1.54, 1.807) is 0 Å². The summed E-state index contributed by atoms with van der Waals surface area (Å²) in [6.07, 6.45) is -41.2. The van der Waals surface area contributed by atoms with Gasteiger partial charge in [-0.05, 0) is 0 Å². The van der Waals surface area contributed by atoms with Gasteiger partial charge in [-0.25, -0.2) is 0 Å². The molecule has 0 aromatic heterocycles. The van der Waals surface area contributed by atoms with Crippen LogP contribution in [-0.2, 0) is 19.5 Å². The van der Waals surface area contributed by atoms with Crippen molar-refractivity contribution in [3.8, 4) is 0 Å². The van der Waals surface area contributed by atoms with Gasteiger partial charge in [-0.15, -0.1) is 0 Å². The number of hydrogen-bond acceptors (Lipinski definition) is 2. The molecule has 21 heteroatoms. The minimum Gasteiger partial charge on any atom is -0.367 e. The molecule has 29 heavy (non-hydrogen) atoms. The molecule has 0 spiro atoms. The summed E-state index contributed by atoms with van der Waals surface area (Å²) in [5, 5.41) is 15.3. The summed E-state index contributed by atoms with van der Waals surface area (Å²) in [6, 6.07) is 0. The molecule has 174 valence electrons. The SMILES string of the molecule is OC(C(F)(F)F)(C(F)(F)F)C(F)(F)F.OC(C(F)(F)F)(C(F)(F)F)C(F)(F)F.[Zn]. The molecule has 0 atom stereocenters. The fraction of sp³-hybridized carbons (Fsp3) is 1.00. The van der Waals surface area contributed by atoms with E-state index in [9.17, 15) is 79.0 Å². The third-order valence-electron chi connectivity index (χ3n) is 2.46. The predicted molar refractivity (Wildman–Crippen MR) is 46.2 cm³/mol. The fourth-order valence-electron chi connectivity index (χ4n) is 0.964. The molecular weight excluding hydrogens is 535 g/mol. The van der Waals surface area contributed by atoms with Gasteiger partial charge in [0, 0.05) is 19.5 Å². The normalized spacial score (nSPS) is 15.3. The standard InChI is InChI=1S/2C4HF9O.Zn/c2*5-2(6,7)1(14,3(8,9)10)4(11,12)13;/h2*14H;. The molecule has 0 heterocycles. The minimum absolute atomic E-state index is 0. The monoisotopic (exact) mass is 536 g/mol. The van der Waals surface area contributed by atoms with Gasteiger partial charge in [0.05, 0.1) is 0 Å². The maximum Gasteiger partial charge on any atom is 0.435 e. The van der Waals surface area contributed by atoms with Gasteiger partial charge in [0.25, 0.3) is 0 Å². The second-order valence-corrected chi connectivity index (χ2v) is 4.41. The largest absolute Gasteiger partial charge is 0.435 e. The van der Waals surface area contributed by atoms with Crippen molar-refractivity contribution in [2.45, 2.75) is 48.3 Å². The van der Waals surface area contributed by atoms with Crippen molar-refractivity contribution >= 4 is 0 Å². The zero-order valence-corrected chi connectivity index (χ0v) is 15.4. The summed E-state index contributed by atoms with van der Waals surface area (Å²) in [7, 11) is 0. The Morgan fingerprint density at radius 3 is 0.345 bits per heavy atom. The number of aliphatic hydroxyl groups is 2. The zero-order valence-electron chi connectivity index (χ0n) is 12.4. The molecule has 0 fully saturated rings. The average molecular weight is 537 g/mol. The van der Waals surface area contributed by atoms with E-state index in [1.165, 1.54) is 0 Å². The maximum atomic E-state index is 11.4. The Morgan fingerprint density at radius 2 is 0.345 bits per heavy atom. The van der Waals surface area contributed by atoms with Gasteiger partial charge >= 0.3 is 48.3 Å². The van der Waals surface area contributed by atoms with Crippen LogP contribution in [-0.4, -0.2) is 58.5 Å². The van der Waals surface area contributed by atoms with Gasteiger partial charge in [-0.1, -0.05) is 0 Å². The Morgan fingerprint density at radius 1 is 0.276 bits per heavy atom. The molecule has 0 aromatic carbocycles. The van der Waals surface area contributed by atoms with Crippen molar-refractivity contribution < 1.29 is 109 Å². The van der Waals surface area contributed by atoms with Crippen molar-refractivity contribution in [2.24, 2.45) is 0 Å². The number of halogens is 18. The molecule has 0 saturated carbocycles. The van der Waals surface area contributed by atoms with E-state index < -0.39 is 48.3 Å². The molecule has 0 aromatic rings. The molecule has 0 saturated heterocycles. The molecule has 0 aliphatic heterocycles. The van der Waals surface area contributed by atoms with Crippen LogP contribution < -0.4 is 0 Å². The first-order chi connectivity index (χ1) is 11.5. The smallest absolute Gasteiger partial charge is 0.367 e. The summed E-state index contributed by atoms with van der Waals surface area (Å²) in [5.74, 6) is 0. The molecule has 0 amide bonds. The van der Waals surface area contributed by atoms with Crippen molar-refractivity contribution in [2.75, 3.05) is 0 Å². The second-order valence-electron chi connectivity index (χ2n) is 4.41. The van der Waals surface area contributed by atoms with E-state index in [1.807, 2.05) is 0 Å². The van der Waals surface area contributed by atoms with E-state index in [0.29, 0.717) is 0 Å². The Hall–Kier alpha value is -0.717. The molecule has 2 N–H and O–H groups in total. The first-order valence-electron chi connectivity index (χ1n) is 5.35. The van der Waals surface area contributed by atoms with E-state index in [0.717, 1.165) is 0 Å². The Balaban J connectivity index is -0.000000451. The molecule has 0 radical (unpaired) electrons. The number of alkyl halides is 18.